The van der Waals surface area contributed by atoms with Crippen molar-refractivity contribution in [2.24, 2.45) is 0 Å². The maximum atomic E-state index is 12.4. The molecular weight excluding hydrogens is 426 g/mol. The van der Waals surface area contributed by atoms with Crippen LogP contribution in [0.2, 0.25) is 0 Å². The zero-order valence-corrected chi connectivity index (χ0v) is 19.2. The molecule has 8 heteroatoms. The van der Waals surface area contributed by atoms with Gasteiger partial charge >= 0.3 is 6.03 Å². The first-order valence-corrected chi connectivity index (χ1v) is 11.9. The number of hydrogen-bond donors (Lipinski definition) is 3. The number of imidazole rings is 1. The predicted molar refractivity (Wildman–Crippen MR) is 134 cm³/mol. The molecule has 2 aromatic heterocycles. The number of anilines is 2. The Bertz CT molecular complexity index is 1260. The smallest absolute Gasteiger partial charge is 0.319 e. The summed E-state index contributed by atoms with van der Waals surface area (Å²) < 4.78 is 1.92. The van der Waals surface area contributed by atoms with Gasteiger partial charge in [0.25, 0.3) is 0 Å². The van der Waals surface area contributed by atoms with Crippen LogP contribution in [0, 0.1) is 0 Å². The number of carbonyl (C=O) groups is 1. The van der Waals surface area contributed by atoms with Gasteiger partial charge in [-0.05, 0) is 49.6 Å². The minimum Gasteiger partial charge on any atom is -0.348 e. The van der Waals surface area contributed by atoms with Gasteiger partial charge in [-0.2, -0.15) is 4.98 Å². The molecule has 174 valence electrons. The summed E-state index contributed by atoms with van der Waals surface area (Å²) in [5, 5.41) is 9.38. The number of benzene rings is 2. The van der Waals surface area contributed by atoms with Crippen molar-refractivity contribution >= 4 is 28.7 Å². The van der Waals surface area contributed by atoms with Crippen LogP contribution in [0.3, 0.4) is 0 Å². The van der Waals surface area contributed by atoms with Gasteiger partial charge in [0.15, 0.2) is 0 Å². The van der Waals surface area contributed by atoms with Gasteiger partial charge in [-0.15, -0.1) is 0 Å². The molecule has 8 nitrogen and oxygen atoms in total. The van der Waals surface area contributed by atoms with Crippen LogP contribution in [0.15, 0.2) is 67.1 Å². The average molecular weight is 456 g/mol. The standard InChI is InChI=1S/C26H29N7O/c1-18(19-8-4-2-5-9-19)29-25-27-15-14-24(32-25)33-17-28-22-16-21(12-13-23(22)33)31-26(34)30-20-10-6-3-7-11-20/h2,4-5,8-9,12-18,20H,3,6-7,10-11H2,1H3,(H,27,29,32)(H2,30,31,34). The predicted octanol–water partition coefficient (Wildman–Crippen LogP) is 5.44. The van der Waals surface area contributed by atoms with Crippen LogP contribution < -0.4 is 16.0 Å². The van der Waals surface area contributed by atoms with Crippen molar-refractivity contribution in [3.8, 4) is 5.82 Å². The van der Waals surface area contributed by atoms with E-state index >= 15 is 0 Å². The fraction of sp³-hybridized carbons (Fsp3) is 0.308. The summed E-state index contributed by atoms with van der Waals surface area (Å²) >= 11 is 0. The van der Waals surface area contributed by atoms with Crippen LogP contribution in [0.25, 0.3) is 16.9 Å². The highest BCUT2D eigenvalue weighted by Crippen LogP contribution is 2.23. The molecule has 1 aliphatic carbocycles. The van der Waals surface area contributed by atoms with Crippen LogP contribution in [0.5, 0.6) is 0 Å². The van der Waals surface area contributed by atoms with Crippen LogP contribution in [0.4, 0.5) is 16.4 Å². The first kappa shape index (κ1) is 21.9. The lowest BCUT2D eigenvalue weighted by Gasteiger charge is -2.22. The molecule has 4 aromatic rings. The second kappa shape index (κ2) is 9.91. The Balaban J connectivity index is 1.30. The number of hydrogen-bond acceptors (Lipinski definition) is 5. The van der Waals surface area contributed by atoms with Crippen molar-refractivity contribution in [1.82, 2.24) is 24.8 Å². The van der Waals surface area contributed by atoms with E-state index in [1.165, 1.54) is 19.3 Å². The van der Waals surface area contributed by atoms with Gasteiger partial charge in [0, 0.05) is 17.9 Å². The minimum atomic E-state index is -0.162. The quantitative estimate of drug-likeness (QED) is 0.360. The first-order valence-electron chi connectivity index (χ1n) is 11.9. The van der Waals surface area contributed by atoms with Gasteiger partial charge in [-0.1, -0.05) is 49.6 Å². The first-order chi connectivity index (χ1) is 16.7. The van der Waals surface area contributed by atoms with Gasteiger partial charge in [-0.3, -0.25) is 4.57 Å². The second-order valence-corrected chi connectivity index (χ2v) is 8.77. The third-order valence-corrected chi connectivity index (χ3v) is 6.28. The Labute approximate surface area is 198 Å². The molecule has 2 amide bonds. The van der Waals surface area contributed by atoms with Crippen molar-refractivity contribution in [2.45, 2.75) is 51.1 Å². The van der Waals surface area contributed by atoms with E-state index in [1.807, 2.05) is 47.0 Å². The molecule has 1 fully saturated rings. The van der Waals surface area contributed by atoms with Gasteiger partial charge in [0.2, 0.25) is 5.95 Å². The van der Waals surface area contributed by atoms with Crippen LogP contribution in [0.1, 0.15) is 50.6 Å². The minimum absolute atomic E-state index is 0.0735. The number of amides is 2. The van der Waals surface area contributed by atoms with E-state index in [-0.39, 0.29) is 18.1 Å². The van der Waals surface area contributed by atoms with Crippen LogP contribution in [-0.4, -0.2) is 31.6 Å². The average Bonchev–Trinajstić information content (AvgIpc) is 3.28. The molecule has 5 rings (SSSR count). The van der Waals surface area contributed by atoms with E-state index in [9.17, 15) is 4.79 Å². The van der Waals surface area contributed by atoms with E-state index in [0.29, 0.717) is 11.6 Å². The lowest BCUT2D eigenvalue weighted by molar-refractivity contribution is 0.244. The largest absolute Gasteiger partial charge is 0.348 e. The van der Waals surface area contributed by atoms with Gasteiger partial charge in [0.1, 0.15) is 12.1 Å². The topological polar surface area (TPSA) is 96.8 Å². The highest BCUT2D eigenvalue weighted by Gasteiger charge is 2.16. The highest BCUT2D eigenvalue weighted by atomic mass is 16.2. The number of fused-ring (bicyclic) bond motifs is 1. The fourth-order valence-corrected chi connectivity index (χ4v) is 4.44. The summed E-state index contributed by atoms with van der Waals surface area (Å²) in [7, 11) is 0. The molecule has 2 heterocycles. The molecule has 3 N–H and O–H groups in total. The molecule has 34 heavy (non-hydrogen) atoms. The maximum absolute atomic E-state index is 12.4. The Hall–Kier alpha value is -3.94. The van der Waals surface area contributed by atoms with E-state index < -0.39 is 0 Å². The third kappa shape index (κ3) is 5.01. The van der Waals surface area contributed by atoms with Crippen molar-refractivity contribution < 1.29 is 4.79 Å². The highest BCUT2D eigenvalue weighted by molar-refractivity contribution is 5.92. The van der Waals surface area contributed by atoms with Crippen molar-refractivity contribution in [3.63, 3.8) is 0 Å². The number of urea groups is 1. The molecule has 0 radical (unpaired) electrons. The van der Waals surface area contributed by atoms with Gasteiger partial charge in [0.05, 0.1) is 17.1 Å². The molecule has 0 aliphatic heterocycles. The van der Waals surface area contributed by atoms with E-state index in [1.54, 1.807) is 12.5 Å². The summed E-state index contributed by atoms with van der Waals surface area (Å²) in [6.07, 6.45) is 9.20. The normalized spacial score (nSPS) is 15.1. The zero-order chi connectivity index (χ0) is 23.3. The Morgan fingerprint density at radius 1 is 1.03 bits per heavy atom. The zero-order valence-electron chi connectivity index (χ0n) is 19.2. The molecule has 0 spiro atoms. The third-order valence-electron chi connectivity index (χ3n) is 6.28. The summed E-state index contributed by atoms with van der Waals surface area (Å²) in [5.41, 5.74) is 3.56. The number of nitrogens with one attached hydrogen (secondary N) is 3. The summed E-state index contributed by atoms with van der Waals surface area (Å²) in [6.45, 7) is 2.08. The summed E-state index contributed by atoms with van der Waals surface area (Å²) in [4.78, 5) is 26.0. The van der Waals surface area contributed by atoms with E-state index in [4.69, 9.17) is 0 Å². The molecule has 1 unspecified atom stereocenters. The molecule has 0 saturated heterocycles. The van der Waals surface area contributed by atoms with Gasteiger partial charge < -0.3 is 16.0 Å². The second-order valence-electron chi connectivity index (χ2n) is 8.77. The molecular formula is C26H29N7O. The van der Waals surface area contributed by atoms with Crippen molar-refractivity contribution in [3.05, 3.63) is 72.7 Å². The molecule has 1 atom stereocenters. The number of nitrogens with zero attached hydrogens (tertiary/aromatic N) is 4. The van der Waals surface area contributed by atoms with E-state index in [2.05, 4.69) is 50.0 Å². The molecule has 1 aliphatic rings. The number of rotatable bonds is 6. The Kier molecular flexibility index (Phi) is 6.38. The van der Waals surface area contributed by atoms with Crippen LogP contribution >= 0.6 is 0 Å². The fourth-order valence-electron chi connectivity index (χ4n) is 4.44. The Morgan fingerprint density at radius 3 is 2.68 bits per heavy atom. The number of aromatic nitrogens is 4. The van der Waals surface area contributed by atoms with Gasteiger partial charge in [-0.25, -0.2) is 14.8 Å². The number of carbonyl (C=O) groups excluding carboxylic acids is 1. The molecule has 1 saturated carbocycles. The SMILES string of the molecule is CC(Nc1nccc(-n2cnc3cc(NC(=O)NC4CCCCC4)ccc32)n1)c1ccccc1. The Morgan fingerprint density at radius 2 is 1.85 bits per heavy atom. The molecule has 2 aromatic carbocycles. The van der Waals surface area contributed by atoms with Crippen molar-refractivity contribution in [2.75, 3.05) is 10.6 Å². The van der Waals surface area contributed by atoms with Crippen LogP contribution in [-0.2, 0) is 0 Å². The molecule has 0 bridgehead atoms. The lowest BCUT2D eigenvalue weighted by atomic mass is 9.96. The summed E-state index contributed by atoms with van der Waals surface area (Å²) in [6, 6.07) is 17.9. The maximum Gasteiger partial charge on any atom is 0.319 e. The van der Waals surface area contributed by atoms with Crippen molar-refractivity contribution in [1.29, 1.82) is 0 Å². The summed E-state index contributed by atoms with van der Waals surface area (Å²) in [5.74, 6) is 1.27. The van der Waals surface area contributed by atoms with E-state index in [0.717, 1.165) is 35.3 Å². The lowest BCUT2D eigenvalue weighted by Crippen LogP contribution is -2.38. The monoisotopic (exact) mass is 455 g/mol.